The number of nitrogens with zero attached hydrogens (tertiary/aromatic N) is 1. The zero-order chi connectivity index (χ0) is 11.0. The van der Waals surface area contributed by atoms with E-state index in [1.54, 1.807) is 0 Å². The Balaban J connectivity index is 0.000000791. The molecule has 1 fully saturated rings. The molecule has 1 unspecified atom stereocenters. The standard InChI is InChI=1S/C11H21N.C2H6/c1-4-11-6-8-12(9-11)7-5-10(2)3;1-2/h4,10-11H,1,5-9H2,2-3H3;1-2H3. The van der Waals surface area contributed by atoms with Crippen molar-refractivity contribution < 1.29 is 0 Å². The van der Waals surface area contributed by atoms with Gasteiger partial charge in [0, 0.05) is 6.54 Å². The first-order chi connectivity index (χ1) is 6.72. The van der Waals surface area contributed by atoms with Gasteiger partial charge in [-0.1, -0.05) is 33.8 Å². The minimum absolute atomic E-state index is 0.761. The molecule has 0 radical (unpaired) electrons. The lowest BCUT2D eigenvalue weighted by molar-refractivity contribution is 0.308. The fourth-order valence-corrected chi connectivity index (χ4v) is 1.70. The molecule has 0 bridgehead atoms. The Morgan fingerprint density at radius 2 is 2.07 bits per heavy atom. The van der Waals surface area contributed by atoms with Gasteiger partial charge >= 0.3 is 0 Å². The van der Waals surface area contributed by atoms with Gasteiger partial charge in [-0.3, -0.25) is 0 Å². The molecule has 0 aromatic heterocycles. The quantitative estimate of drug-likeness (QED) is 0.623. The van der Waals surface area contributed by atoms with E-state index in [4.69, 9.17) is 0 Å². The molecule has 1 heterocycles. The number of hydrogen-bond donors (Lipinski definition) is 0. The molecule has 0 saturated carbocycles. The molecule has 0 aliphatic carbocycles. The maximum Gasteiger partial charge on any atom is 0.00447 e. The highest BCUT2D eigenvalue weighted by molar-refractivity contribution is 4.87. The summed E-state index contributed by atoms with van der Waals surface area (Å²) >= 11 is 0. The van der Waals surface area contributed by atoms with Gasteiger partial charge in [-0.2, -0.15) is 0 Å². The molecular weight excluding hydrogens is 170 g/mol. The van der Waals surface area contributed by atoms with Crippen LogP contribution < -0.4 is 0 Å². The van der Waals surface area contributed by atoms with Crippen molar-refractivity contribution in [1.82, 2.24) is 4.90 Å². The van der Waals surface area contributed by atoms with Crippen molar-refractivity contribution in [2.45, 2.75) is 40.5 Å². The van der Waals surface area contributed by atoms with Gasteiger partial charge in [0.25, 0.3) is 0 Å². The van der Waals surface area contributed by atoms with E-state index < -0.39 is 0 Å². The number of hydrogen-bond acceptors (Lipinski definition) is 1. The maximum absolute atomic E-state index is 3.85. The summed E-state index contributed by atoms with van der Waals surface area (Å²) in [6.07, 6.45) is 4.76. The first-order valence-electron chi connectivity index (χ1n) is 6.07. The molecular formula is C13H27N. The Morgan fingerprint density at radius 1 is 1.43 bits per heavy atom. The zero-order valence-corrected chi connectivity index (χ0v) is 10.4. The summed E-state index contributed by atoms with van der Waals surface area (Å²) in [6, 6.07) is 0. The highest BCUT2D eigenvalue weighted by Crippen LogP contribution is 2.17. The molecule has 0 aromatic rings. The summed E-state index contributed by atoms with van der Waals surface area (Å²) in [4.78, 5) is 2.56. The maximum atomic E-state index is 3.85. The molecule has 1 aliphatic rings. The lowest BCUT2D eigenvalue weighted by Gasteiger charge is -2.16. The zero-order valence-electron chi connectivity index (χ0n) is 10.4. The van der Waals surface area contributed by atoms with Crippen LogP contribution in [0.15, 0.2) is 12.7 Å². The van der Waals surface area contributed by atoms with Crippen LogP contribution in [0.25, 0.3) is 0 Å². The van der Waals surface area contributed by atoms with E-state index in [2.05, 4.69) is 31.4 Å². The lowest BCUT2D eigenvalue weighted by atomic mass is 10.1. The van der Waals surface area contributed by atoms with Crippen LogP contribution in [-0.2, 0) is 0 Å². The smallest absolute Gasteiger partial charge is 0.00447 e. The fourth-order valence-electron chi connectivity index (χ4n) is 1.70. The Hall–Kier alpha value is -0.300. The van der Waals surface area contributed by atoms with Crippen LogP contribution in [0.1, 0.15) is 40.5 Å². The van der Waals surface area contributed by atoms with Crippen LogP contribution in [0.4, 0.5) is 0 Å². The molecule has 0 aromatic carbocycles. The monoisotopic (exact) mass is 197 g/mol. The fraction of sp³-hybridized carbons (Fsp3) is 0.846. The van der Waals surface area contributed by atoms with E-state index in [0.29, 0.717) is 0 Å². The van der Waals surface area contributed by atoms with Crippen molar-refractivity contribution in [2.24, 2.45) is 11.8 Å². The largest absolute Gasteiger partial charge is 0.303 e. The number of rotatable bonds is 4. The van der Waals surface area contributed by atoms with Crippen LogP contribution >= 0.6 is 0 Å². The van der Waals surface area contributed by atoms with Gasteiger partial charge in [0.15, 0.2) is 0 Å². The van der Waals surface area contributed by atoms with Crippen molar-refractivity contribution in [1.29, 1.82) is 0 Å². The van der Waals surface area contributed by atoms with Gasteiger partial charge in [0.1, 0.15) is 0 Å². The summed E-state index contributed by atoms with van der Waals surface area (Å²) in [5.41, 5.74) is 0. The van der Waals surface area contributed by atoms with Crippen molar-refractivity contribution in [2.75, 3.05) is 19.6 Å². The van der Waals surface area contributed by atoms with E-state index in [9.17, 15) is 0 Å². The molecule has 0 spiro atoms. The first kappa shape index (κ1) is 13.7. The Kier molecular flexibility index (Phi) is 7.87. The van der Waals surface area contributed by atoms with Crippen LogP contribution in [0.2, 0.25) is 0 Å². The first-order valence-corrected chi connectivity index (χ1v) is 6.07. The van der Waals surface area contributed by atoms with Gasteiger partial charge in [0.2, 0.25) is 0 Å². The minimum Gasteiger partial charge on any atom is -0.303 e. The highest BCUT2D eigenvalue weighted by Gasteiger charge is 2.19. The lowest BCUT2D eigenvalue weighted by Crippen LogP contribution is -2.22. The molecule has 1 rings (SSSR count). The molecule has 1 atom stereocenters. The van der Waals surface area contributed by atoms with Crippen molar-refractivity contribution in [3.8, 4) is 0 Å². The van der Waals surface area contributed by atoms with Gasteiger partial charge in [0.05, 0.1) is 0 Å². The van der Waals surface area contributed by atoms with Crippen LogP contribution in [0, 0.1) is 11.8 Å². The second-order valence-electron chi connectivity index (χ2n) is 4.27. The number of likely N-dealkylation sites (tertiary alicyclic amines) is 1. The van der Waals surface area contributed by atoms with E-state index in [1.807, 2.05) is 13.8 Å². The molecule has 1 heteroatoms. The van der Waals surface area contributed by atoms with Gasteiger partial charge in [-0.15, -0.1) is 6.58 Å². The Labute approximate surface area is 90.2 Å². The summed E-state index contributed by atoms with van der Waals surface area (Å²) in [6.45, 7) is 16.2. The summed E-state index contributed by atoms with van der Waals surface area (Å²) in [5, 5.41) is 0. The molecule has 84 valence electrons. The van der Waals surface area contributed by atoms with Crippen LogP contribution in [0.5, 0.6) is 0 Å². The molecule has 1 saturated heterocycles. The Morgan fingerprint density at radius 3 is 2.50 bits per heavy atom. The highest BCUT2D eigenvalue weighted by atomic mass is 15.1. The summed E-state index contributed by atoms with van der Waals surface area (Å²) in [5.74, 6) is 1.60. The average molecular weight is 197 g/mol. The van der Waals surface area contributed by atoms with E-state index in [-0.39, 0.29) is 0 Å². The average Bonchev–Trinajstić information content (AvgIpc) is 2.65. The van der Waals surface area contributed by atoms with Crippen LogP contribution in [-0.4, -0.2) is 24.5 Å². The predicted octanol–water partition coefficient (Wildman–Crippen LogP) is 3.57. The van der Waals surface area contributed by atoms with Crippen LogP contribution in [0.3, 0.4) is 0 Å². The topological polar surface area (TPSA) is 3.24 Å². The molecule has 0 N–H and O–H groups in total. The predicted molar refractivity (Wildman–Crippen MR) is 65.5 cm³/mol. The van der Waals surface area contributed by atoms with Crippen molar-refractivity contribution in [3.05, 3.63) is 12.7 Å². The molecule has 1 aliphatic heterocycles. The molecule has 14 heavy (non-hydrogen) atoms. The van der Waals surface area contributed by atoms with E-state index in [0.717, 1.165) is 11.8 Å². The minimum atomic E-state index is 0.761. The molecule has 0 amide bonds. The second-order valence-corrected chi connectivity index (χ2v) is 4.27. The van der Waals surface area contributed by atoms with Gasteiger partial charge in [-0.25, -0.2) is 0 Å². The van der Waals surface area contributed by atoms with E-state index >= 15 is 0 Å². The second kappa shape index (κ2) is 8.05. The van der Waals surface area contributed by atoms with Crippen molar-refractivity contribution in [3.63, 3.8) is 0 Å². The third-order valence-electron chi connectivity index (χ3n) is 2.66. The normalized spacial score (nSPS) is 21.9. The third-order valence-corrected chi connectivity index (χ3v) is 2.66. The van der Waals surface area contributed by atoms with Gasteiger partial charge in [-0.05, 0) is 37.8 Å². The Bertz CT molecular complexity index is 140. The van der Waals surface area contributed by atoms with Crippen molar-refractivity contribution >= 4 is 0 Å². The third kappa shape index (κ3) is 5.43. The van der Waals surface area contributed by atoms with Gasteiger partial charge < -0.3 is 4.90 Å². The summed E-state index contributed by atoms with van der Waals surface area (Å²) in [7, 11) is 0. The van der Waals surface area contributed by atoms with E-state index in [1.165, 1.54) is 32.5 Å². The molecule has 1 nitrogen and oxygen atoms in total. The SMILES string of the molecule is C=CC1CCN(CCC(C)C)C1.CC. The summed E-state index contributed by atoms with van der Waals surface area (Å²) < 4.78 is 0.